The third-order valence-electron chi connectivity index (χ3n) is 11.4. The van der Waals surface area contributed by atoms with E-state index in [0.717, 1.165) is 79.6 Å². The minimum atomic E-state index is -0.807. The molecule has 8 aromatic rings. The first-order valence-corrected chi connectivity index (χ1v) is 17.6. The maximum absolute atomic E-state index is 6.78. The zero-order valence-electron chi connectivity index (χ0n) is 27.6. The quantitative estimate of drug-likeness (QED) is 0.172. The smallest absolute Gasteiger partial charge is 0.394 e. The first kappa shape index (κ1) is 26.7. The van der Waals surface area contributed by atoms with E-state index >= 15 is 0 Å². The summed E-state index contributed by atoms with van der Waals surface area (Å²) in [6.07, 6.45) is 6.83. The standard InChI is InChI=1S/C45H27N5O2/c1-2-10-28(11-3-1)29-17-19-30(20-18-29)31-26-47-34-21-23-38-43-41(34)45(48(47)27-31)42-35(49(43)32-12-4-6-14-36(32)51-38)22-24-39-44(42)50(40-16-8-9-25-46(40)45)33-13-5-7-15-37(33)52-39/h1-27H/q+2. The number of para-hydroxylation sites is 4. The van der Waals surface area contributed by atoms with E-state index in [4.69, 9.17) is 9.47 Å². The molecule has 0 radical (unpaired) electrons. The first-order chi connectivity index (χ1) is 25.8. The summed E-state index contributed by atoms with van der Waals surface area (Å²) in [5.74, 6) is 4.39. The highest BCUT2D eigenvalue weighted by Crippen LogP contribution is 2.66. The number of nitrogens with zero attached hydrogens (tertiary/aromatic N) is 5. The van der Waals surface area contributed by atoms with E-state index in [-0.39, 0.29) is 0 Å². The molecule has 5 aliphatic rings. The SMILES string of the molecule is c1ccc(-c2ccc(-c3cn4[n+](c3)C35c6c(ccc7c6N(c6ccccc6O7)c6cccc[n+]63)N3c6ccccc6Oc6ccc-4c5c63)cc2)cc1. The van der Waals surface area contributed by atoms with Crippen LogP contribution in [0.5, 0.6) is 23.0 Å². The summed E-state index contributed by atoms with van der Waals surface area (Å²) in [6, 6.07) is 51.3. The molecular formula is C45H27N5O2+2. The second-order valence-corrected chi connectivity index (χ2v) is 13.9. The minimum absolute atomic E-state index is 0.807. The van der Waals surface area contributed by atoms with E-state index in [0.29, 0.717) is 0 Å². The van der Waals surface area contributed by atoms with Crippen LogP contribution in [0.4, 0.5) is 34.3 Å². The summed E-state index contributed by atoms with van der Waals surface area (Å²) in [5, 5.41) is 0. The Morgan fingerprint density at radius 3 is 1.77 bits per heavy atom. The van der Waals surface area contributed by atoms with Crippen molar-refractivity contribution >= 4 is 34.3 Å². The highest BCUT2D eigenvalue weighted by molar-refractivity contribution is 6.00. The molecule has 1 spiro atoms. The van der Waals surface area contributed by atoms with Crippen molar-refractivity contribution in [1.82, 2.24) is 4.68 Å². The number of hydrogen-bond donors (Lipinski definition) is 0. The first-order valence-electron chi connectivity index (χ1n) is 17.6. The molecule has 5 aliphatic heterocycles. The molecular weight excluding hydrogens is 643 g/mol. The third kappa shape index (κ3) is 3.02. The van der Waals surface area contributed by atoms with Gasteiger partial charge >= 0.3 is 5.66 Å². The summed E-state index contributed by atoms with van der Waals surface area (Å²) in [7, 11) is 0. The van der Waals surface area contributed by atoms with Gasteiger partial charge in [-0.25, -0.2) is 0 Å². The molecule has 6 aromatic carbocycles. The Bertz CT molecular complexity index is 2880. The predicted molar refractivity (Wildman–Crippen MR) is 198 cm³/mol. The zero-order valence-corrected chi connectivity index (χ0v) is 27.6. The maximum atomic E-state index is 6.78. The van der Waals surface area contributed by atoms with Gasteiger partial charge in [-0.1, -0.05) is 89.6 Å². The van der Waals surface area contributed by atoms with Crippen molar-refractivity contribution in [1.29, 1.82) is 0 Å². The van der Waals surface area contributed by atoms with Crippen LogP contribution < -0.4 is 28.5 Å². The predicted octanol–water partition coefficient (Wildman–Crippen LogP) is 9.78. The number of fused-ring (bicyclic) bond motifs is 9. The maximum Gasteiger partial charge on any atom is 0.394 e. The van der Waals surface area contributed by atoms with Gasteiger partial charge in [0.15, 0.2) is 39.9 Å². The largest absolute Gasteiger partial charge is 0.453 e. The van der Waals surface area contributed by atoms with E-state index < -0.39 is 5.66 Å². The Labute approximate surface area is 298 Å². The van der Waals surface area contributed by atoms with Crippen LogP contribution in [-0.4, -0.2) is 4.68 Å². The van der Waals surface area contributed by atoms with Gasteiger partial charge in [0.05, 0.1) is 29.3 Å². The Hall–Kier alpha value is -7.12. The van der Waals surface area contributed by atoms with Crippen LogP contribution in [0.1, 0.15) is 11.1 Å². The number of benzene rings is 6. The van der Waals surface area contributed by atoms with Crippen molar-refractivity contribution < 1.29 is 18.7 Å². The van der Waals surface area contributed by atoms with Gasteiger partial charge in [-0.15, -0.1) is 4.68 Å². The fourth-order valence-corrected chi connectivity index (χ4v) is 9.30. The third-order valence-corrected chi connectivity index (χ3v) is 11.4. The molecule has 0 aliphatic carbocycles. The fraction of sp³-hybridized carbons (Fsp3) is 0.0222. The van der Waals surface area contributed by atoms with E-state index in [1.54, 1.807) is 0 Å². The van der Waals surface area contributed by atoms with Crippen LogP contribution in [0.25, 0.3) is 27.9 Å². The monoisotopic (exact) mass is 669 g/mol. The van der Waals surface area contributed by atoms with Crippen molar-refractivity contribution in [3.63, 3.8) is 0 Å². The molecule has 1 unspecified atom stereocenters. The molecule has 0 fully saturated rings. The van der Waals surface area contributed by atoms with Gasteiger partial charge in [0.2, 0.25) is 6.20 Å². The lowest BCUT2D eigenvalue weighted by molar-refractivity contribution is -0.991. The minimum Gasteiger partial charge on any atom is -0.453 e. The molecule has 13 rings (SSSR count). The van der Waals surface area contributed by atoms with Crippen LogP contribution >= 0.6 is 0 Å². The van der Waals surface area contributed by atoms with Crippen molar-refractivity contribution in [3.8, 4) is 50.9 Å². The lowest BCUT2D eigenvalue weighted by Crippen LogP contribution is -2.77. The second kappa shape index (κ2) is 9.15. The Morgan fingerprint density at radius 1 is 0.442 bits per heavy atom. The zero-order chi connectivity index (χ0) is 33.7. The average Bonchev–Trinajstić information content (AvgIpc) is 3.77. The lowest BCUT2D eigenvalue weighted by Gasteiger charge is -2.44. The normalized spacial score (nSPS) is 16.8. The van der Waals surface area contributed by atoms with Gasteiger partial charge in [-0.3, -0.25) is 0 Å². The van der Waals surface area contributed by atoms with E-state index in [2.05, 4.69) is 176 Å². The van der Waals surface area contributed by atoms with Crippen molar-refractivity contribution in [2.45, 2.75) is 5.66 Å². The van der Waals surface area contributed by atoms with Gasteiger partial charge in [-0.2, -0.15) is 9.47 Å². The molecule has 7 heteroatoms. The molecule has 0 amide bonds. The Balaban J connectivity index is 1.15. The summed E-state index contributed by atoms with van der Waals surface area (Å²) < 4.78 is 20.7. The topological polar surface area (TPSA) is 37.6 Å². The Kier molecular flexibility index (Phi) is 4.70. The summed E-state index contributed by atoms with van der Waals surface area (Å²) in [5.41, 5.74) is 12.5. The molecule has 0 saturated heterocycles. The van der Waals surface area contributed by atoms with E-state index in [1.165, 1.54) is 16.7 Å². The molecule has 7 nitrogen and oxygen atoms in total. The van der Waals surface area contributed by atoms with Crippen LogP contribution in [-0.2, 0) is 5.66 Å². The summed E-state index contributed by atoms with van der Waals surface area (Å²) >= 11 is 0. The van der Waals surface area contributed by atoms with Crippen LogP contribution in [0, 0.1) is 0 Å². The average molecular weight is 670 g/mol. The number of pyridine rings is 1. The molecule has 242 valence electrons. The fourth-order valence-electron chi connectivity index (χ4n) is 9.30. The van der Waals surface area contributed by atoms with Gasteiger partial charge in [0.1, 0.15) is 16.9 Å². The van der Waals surface area contributed by atoms with Gasteiger partial charge in [0.25, 0.3) is 5.82 Å². The number of aromatic nitrogens is 3. The van der Waals surface area contributed by atoms with Gasteiger partial charge < -0.3 is 14.4 Å². The van der Waals surface area contributed by atoms with Gasteiger partial charge in [-0.05, 0) is 71.3 Å². The number of ether oxygens (including phenoxy) is 2. The van der Waals surface area contributed by atoms with Crippen LogP contribution in [0.3, 0.4) is 0 Å². The lowest BCUT2D eigenvalue weighted by atomic mass is 9.79. The van der Waals surface area contributed by atoms with Crippen LogP contribution in [0.2, 0.25) is 0 Å². The Morgan fingerprint density at radius 2 is 1.02 bits per heavy atom. The number of rotatable bonds is 2. The highest BCUT2D eigenvalue weighted by atomic mass is 16.5. The van der Waals surface area contributed by atoms with E-state index in [9.17, 15) is 0 Å². The molecule has 0 N–H and O–H groups in total. The molecule has 0 bridgehead atoms. The molecule has 7 heterocycles. The van der Waals surface area contributed by atoms with Crippen molar-refractivity contribution in [2.24, 2.45) is 0 Å². The highest BCUT2D eigenvalue weighted by Gasteiger charge is 2.71. The van der Waals surface area contributed by atoms with Gasteiger partial charge in [0, 0.05) is 6.07 Å². The molecule has 2 aromatic heterocycles. The van der Waals surface area contributed by atoms with Crippen molar-refractivity contribution in [2.75, 3.05) is 9.80 Å². The summed E-state index contributed by atoms with van der Waals surface area (Å²) in [6.45, 7) is 0. The van der Waals surface area contributed by atoms with Crippen molar-refractivity contribution in [3.05, 3.63) is 175 Å². The molecule has 1 atom stereocenters. The summed E-state index contributed by atoms with van der Waals surface area (Å²) in [4.78, 5) is 4.79. The number of hydrogen-bond acceptors (Lipinski definition) is 4. The van der Waals surface area contributed by atoms with Crippen LogP contribution in [0.15, 0.2) is 164 Å². The number of anilines is 6. The van der Waals surface area contributed by atoms with E-state index in [1.807, 2.05) is 12.1 Å². The molecule has 0 saturated carbocycles. The second-order valence-electron chi connectivity index (χ2n) is 13.9. The molecule has 52 heavy (non-hydrogen) atoms.